The zero-order valence-corrected chi connectivity index (χ0v) is 15.4. The molecule has 2 heterocycles. The maximum absolute atomic E-state index is 12.2. The van der Waals surface area contributed by atoms with E-state index in [1.165, 1.54) is 16.9 Å². The highest BCUT2D eigenvalue weighted by atomic mass is 32.1. The Kier molecular flexibility index (Phi) is 6.51. The van der Waals surface area contributed by atoms with E-state index in [0.29, 0.717) is 25.2 Å². The lowest BCUT2D eigenvalue weighted by Crippen LogP contribution is -2.25. The van der Waals surface area contributed by atoms with Crippen LogP contribution < -0.4 is 11.1 Å². The van der Waals surface area contributed by atoms with Crippen LogP contribution in [0.2, 0.25) is 0 Å². The van der Waals surface area contributed by atoms with Crippen molar-refractivity contribution < 1.29 is 4.79 Å². The molecule has 2 aromatic heterocycles. The van der Waals surface area contributed by atoms with E-state index >= 15 is 0 Å². The molecule has 0 spiro atoms. The quantitative estimate of drug-likeness (QED) is 0.606. The molecule has 3 aromatic rings. The first-order valence-electron chi connectivity index (χ1n) is 8.73. The van der Waals surface area contributed by atoms with Crippen LogP contribution in [0.3, 0.4) is 0 Å². The molecule has 0 bridgehead atoms. The van der Waals surface area contributed by atoms with Crippen molar-refractivity contribution in [2.45, 2.75) is 32.4 Å². The largest absolute Gasteiger partial charge is 0.343 e. The molecule has 0 aliphatic rings. The summed E-state index contributed by atoms with van der Waals surface area (Å²) < 4.78 is 2.09. The molecule has 0 radical (unpaired) electrons. The number of nitrogens with one attached hydrogen (secondary N) is 1. The molecule has 7 heteroatoms. The van der Waals surface area contributed by atoms with Crippen LogP contribution >= 0.6 is 11.3 Å². The zero-order valence-electron chi connectivity index (χ0n) is 14.6. The van der Waals surface area contributed by atoms with Crippen LogP contribution in [0, 0.1) is 0 Å². The van der Waals surface area contributed by atoms with Crippen LogP contribution in [0.4, 0.5) is 0 Å². The minimum atomic E-state index is -0.177. The molecule has 1 aromatic carbocycles. The lowest BCUT2D eigenvalue weighted by molar-refractivity contribution is 0.0945. The molecule has 0 fully saturated rings. The van der Waals surface area contributed by atoms with Gasteiger partial charge in [0.1, 0.15) is 11.5 Å². The predicted molar refractivity (Wildman–Crippen MR) is 103 cm³/mol. The van der Waals surface area contributed by atoms with Crippen LogP contribution in [-0.2, 0) is 25.9 Å². The molecule has 3 N–H and O–H groups in total. The smallest absolute Gasteiger partial charge is 0.271 e. The molecule has 0 aliphatic carbocycles. The van der Waals surface area contributed by atoms with Gasteiger partial charge in [-0.25, -0.2) is 9.97 Å². The number of benzene rings is 1. The van der Waals surface area contributed by atoms with Gasteiger partial charge in [0.15, 0.2) is 0 Å². The van der Waals surface area contributed by atoms with Crippen LogP contribution in [0.15, 0.2) is 48.1 Å². The second kappa shape index (κ2) is 9.26. The van der Waals surface area contributed by atoms with Gasteiger partial charge in [-0.05, 0) is 24.9 Å². The van der Waals surface area contributed by atoms with Gasteiger partial charge in [0.2, 0.25) is 0 Å². The zero-order chi connectivity index (χ0) is 18.2. The fraction of sp³-hybridized carbons (Fsp3) is 0.316. The number of carbonyl (C=O) groups is 1. The van der Waals surface area contributed by atoms with Gasteiger partial charge < -0.3 is 15.6 Å². The molecule has 0 atom stereocenters. The Morgan fingerprint density at radius 3 is 2.88 bits per heavy atom. The van der Waals surface area contributed by atoms with Crippen molar-refractivity contribution in [2.24, 2.45) is 5.73 Å². The third kappa shape index (κ3) is 5.00. The molecule has 0 aliphatic heterocycles. The number of rotatable bonds is 9. The lowest BCUT2D eigenvalue weighted by Gasteiger charge is -2.08. The van der Waals surface area contributed by atoms with E-state index in [4.69, 9.17) is 5.73 Å². The third-order valence-electron chi connectivity index (χ3n) is 4.06. The Hall–Kier alpha value is -2.51. The summed E-state index contributed by atoms with van der Waals surface area (Å²) in [6.07, 6.45) is 6.47. The maximum Gasteiger partial charge on any atom is 0.271 e. The Labute approximate surface area is 157 Å². The van der Waals surface area contributed by atoms with E-state index < -0.39 is 0 Å². The van der Waals surface area contributed by atoms with E-state index in [1.54, 1.807) is 11.6 Å². The number of hydrogen-bond donors (Lipinski definition) is 2. The summed E-state index contributed by atoms with van der Waals surface area (Å²) >= 11 is 1.47. The van der Waals surface area contributed by atoms with Gasteiger partial charge in [0.05, 0.1) is 11.6 Å². The highest BCUT2D eigenvalue weighted by molar-refractivity contribution is 7.09. The van der Waals surface area contributed by atoms with Crippen molar-refractivity contribution in [2.75, 3.05) is 6.54 Å². The number of nitrogens with two attached hydrogens (primary N) is 1. The molecule has 6 nitrogen and oxygen atoms in total. The summed E-state index contributed by atoms with van der Waals surface area (Å²) in [5.41, 5.74) is 7.30. The number of imidazole rings is 1. The van der Waals surface area contributed by atoms with Gasteiger partial charge in [0.25, 0.3) is 5.91 Å². The average molecular weight is 369 g/mol. The first kappa shape index (κ1) is 18.3. The second-order valence-corrected chi connectivity index (χ2v) is 6.92. The summed E-state index contributed by atoms with van der Waals surface area (Å²) in [5.74, 6) is 0.673. The van der Waals surface area contributed by atoms with Crippen molar-refractivity contribution in [3.63, 3.8) is 0 Å². The van der Waals surface area contributed by atoms with Gasteiger partial charge in [-0.3, -0.25) is 4.79 Å². The number of nitrogens with zero attached hydrogens (tertiary/aromatic N) is 3. The average Bonchev–Trinajstić information content (AvgIpc) is 3.31. The standard InChI is InChI=1S/C19H23N5OS/c20-9-8-18-23-16(14-26-18)19(25)22-13-17-21-10-12-24(17)11-4-7-15-5-2-1-3-6-15/h1-3,5-6,10,12,14H,4,7-9,11,13,20H2,(H,22,25). The molecular weight excluding hydrogens is 346 g/mol. The molecule has 0 saturated heterocycles. The molecule has 0 unspecified atom stereocenters. The Morgan fingerprint density at radius 2 is 2.08 bits per heavy atom. The highest BCUT2D eigenvalue weighted by Crippen LogP contribution is 2.10. The van der Waals surface area contributed by atoms with Crippen LogP contribution in [-0.4, -0.2) is 27.0 Å². The van der Waals surface area contributed by atoms with E-state index in [-0.39, 0.29) is 5.91 Å². The number of thiazole rings is 1. The van der Waals surface area contributed by atoms with E-state index in [2.05, 4.69) is 44.1 Å². The third-order valence-corrected chi connectivity index (χ3v) is 4.97. The Balaban J connectivity index is 1.49. The van der Waals surface area contributed by atoms with Crippen molar-refractivity contribution in [3.8, 4) is 0 Å². The van der Waals surface area contributed by atoms with Gasteiger partial charge >= 0.3 is 0 Å². The minimum absolute atomic E-state index is 0.177. The summed E-state index contributed by atoms with van der Waals surface area (Å²) in [5, 5.41) is 5.56. The Bertz CT molecular complexity index is 827. The molecule has 1 amide bonds. The summed E-state index contributed by atoms with van der Waals surface area (Å²) in [7, 11) is 0. The maximum atomic E-state index is 12.2. The highest BCUT2D eigenvalue weighted by Gasteiger charge is 2.11. The monoisotopic (exact) mass is 369 g/mol. The van der Waals surface area contributed by atoms with Crippen molar-refractivity contribution in [3.05, 3.63) is 70.2 Å². The first-order chi connectivity index (χ1) is 12.8. The molecule has 0 saturated carbocycles. The van der Waals surface area contributed by atoms with Crippen LogP contribution in [0.5, 0.6) is 0 Å². The SMILES string of the molecule is NCCc1nc(C(=O)NCc2nccn2CCCc2ccccc2)cs1. The predicted octanol–water partition coefficient (Wildman–Crippen LogP) is 2.40. The number of aromatic nitrogens is 3. The number of hydrogen-bond acceptors (Lipinski definition) is 5. The van der Waals surface area contributed by atoms with Crippen molar-refractivity contribution >= 4 is 17.2 Å². The van der Waals surface area contributed by atoms with Crippen LogP contribution in [0.1, 0.15) is 33.3 Å². The fourth-order valence-corrected chi connectivity index (χ4v) is 3.51. The van der Waals surface area contributed by atoms with Gasteiger partial charge in [-0.15, -0.1) is 11.3 Å². The molecule has 3 rings (SSSR count). The summed E-state index contributed by atoms with van der Waals surface area (Å²) in [4.78, 5) is 20.9. The number of amides is 1. The van der Waals surface area contributed by atoms with E-state index in [9.17, 15) is 4.79 Å². The Morgan fingerprint density at radius 1 is 1.23 bits per heavy atom. The number of aryl methyl sites for hydroxylation is 2. The lowest BCUT2D eigenvalue weighted by atomic mass is 10.1. The van der Waals surface area contributed by atoms with Crippen molar-refractivity contribution in [1.82, 2.24) is 19.9 Å². The minimum Gasteiger partial charge on any atom is -0.343 e. The van der Waals surface area contributed by atoms with Gasteiger partial charge in [-0.2, -0.15) is 0 Å². The summed E-state index contributed by atoms with van der Waals surface area (Å²) in [6.45, 7) is 1.80. The van der Waals surface area contributed by atoms with Gasteiger partial charge in [0, 0.05) is 30.7 Å². The molecular formula is C19H23N5OS. The summed E-state index contributed by atoms with van der Waals surface area (Å²) in [6, 6.07) is 10.4. The van der Waals surface area contributed by atoms with E-state index in [0.717, 1.165) is 30.2 Å². The van der Waals surface area contributed by atoms with Crippen molar-refractivity contribution in [1.29, 1.82) is 0 Å². The normalized spacial score (nSPS) is 10.8. The number of carbonyl (C=O) groups excluding carboxylic acids is 1. The van der Waals surface area contributed by atoms with E-state index in [1.807, 2.05) is 12.3 Å². The molecule has 26 heavy (non-hydrogen) atoms. The van der Waals surface area contributed by atoms with Crippen LogP contribution in [0.25, 0.3) is 0 Å². The topological polar surface area (TPSA) is 85.8 Å². The fourth-order valence-electron chi connectivity index (χ4n) is 2.71. The first-order valence-corrected chi connectivity index (χ1v) is 9.61. The van der Waals surface area contributed by atoms with Gasteiger partial charge in [-0.1, -0.05) is 30.3 Å². The second-order valence-electron chi connectivity index (χ2n) is 5.97. The molecule has 136 valence electrons.